The second-order valence-electron chi connectivity index (χ2n) is 3.08. The van der Waals surface area contributed by atoms with Gasteiger partial charge in [-0.1, -0.05) is 12.1 Å². The highest BCUT2D eigenvalue weighted by Gasteiger charge is 2.01. The molecule has 0 unspecified atom stereocenters. The maximum absolute atomic E-state index is 8.64. The highest BCUT2D eigenvalue weighted by Crippen LogP contribution is 2.23. The van der Waals surface area contributed by atoms with Gasteiger partial charge in [-0.2, -0.15) is 0 Å². The van der Waals surface area contributed by atoms with E-state index in [1.165, 1.54) is 0 Å². The Labute approximate surface area is 87.9 Å². The summed E-state index contributed by atoms with van der Waals surface area (Å²) in [5.41, 5.74) is 0.968. The van der Waals surface area contributed by atoms with Crippen molar-refractivity contribution in [2.24, 2.45) is 0 Å². The Balaban J connectivity index is 2.19. The summed E-state index contributed by atoms with van der Waals surface area (Å²) in [7, 11) is 0. The lowest BCUT2D eigenvalue weighted by atomic mass is 10.2. The second-order valence-corrected chi connectivity index (χ2v) is 3.08. The van der Waals surface area contributed by atoms with Gasteiger partial charge in [-0.25, -0.2) is 0 Å². The maximum Gasteiger partial charge on any atom is 0.133 e. The fraction of sp³-hybridized carbons (Fsp3) is 0.167. The smallest absolute Gasteiger partial charge is 0.133 e. The lowest BCUT2D eigenvalue weighted by Crippen LogP contribution is -2.01. The number of aliphatic hydroxyl groups excluding tert-OH is 1. The number of furan rings is 1. The van der Waals surface area contributed by atoms with Crippen molar-refractivity contribution in [3.05, 3.63) is 42.7 Å². The Hall–Kier alpha value is -1.74. The maximum atomic E-state index is 8.64. The van der Waals surface area contributed by atoms with Crippen LogP contribution in [0.1, 0.15) is 0 Å². The molecule has 3 heteroatoms. The highest BCUT2D eigenvalue weighted by molar-refractivity contribution is 5.59. The van der Waals surface area contributed by atoms with Crippen LogP contribution in [0, 0.1) is 0 Å². The van der Waals surface area contributed by atoms with Gasteiger partial charge in [0.2, 0.25) is 0 Å². The largest absolute Gasteiger partial charge is 0.491 e. The average molecular weight is 204 g/mol. The predicted molar refractivity (Wildman–Crippen MR) is 56.7 cm³/mol. The molecule has 1 aromatic carbocycles. The molecular formula is C12H12O3. The van der Waals surface area contributed by atoms with Crippen LogP contribution in [0.25, 0.3) is 11.3 Å². The minimum atomic E-state index is 0.0188. The van der Waals surface area contributed by atoms with Crippen molar-refractivity contribution in [2.45, 2.75) is 0 Å². The van der Waals surface area contributed by atoms with Crippen molar-refractivity contribution in [3.8, 4) is 17.1 Å². The molecule has 0 radical (unpaired) electrons. The molecule has 0 bridgehead atoms. The molecule has 0 aliphatic carbocycles. The van der Waals surface area contributed by atoms with Crippen LogP contribution in [0.4, 0.5) is 0 Å². The van der Waals surface area contributed by atoms with Crippen molar-refractivity contribution < 1.29 is 14.3 Å². The molecule has 2 aromatic rings. The zero-order valence-corrected chi connectivity index (χ0v) is 8.22. The minimum Gasteiger partial charge on any atom is -0.491 e. The van der Waals surface area contributed by atoms with Crippen LogP contribution in [-0.2, 0) is 0 Å². The van der Waals surface area contributed by atoms with Crippen LogP contribution < -0.4 is 4.74 Å². The molecule has 3 nitrogen and oxygen atoms in total. The van der Waals surface area contributed by atoms with Gasteiger partial charge in [0.15, 0.2) is 0 Å². The van der Waals surface area contributed by atoms with E-state index in [1.807, 2.05) is 36.4 Å². The van der Waals surface area contributed by atoms with Crippen LogP contribution >= 0.6 is 0 Å². The molecule has 0 aliphatic rings. The minimum absolute atomic E-state index is 0.0188. The Morgan fingerprint density at radius 2 is 2.13 bits per heavy atom. The lowest BCUT2D eigenvalue weighted by Gasteiger charge is -2.04. The van der Waals surface area contributed by atoms with E-state index < -0.39 is 0 Å². The number of ether oxygens (including phenoxy) is 1. The number of aliphatic hydroxyl groups is 1. The van der Waals surface area contributed by atoms with Gasteiger partial charge in [0.05, 0.1) is 12.9 Å². The fourth-order valence-electron chi connectivity index (χ4n) is 1.35. The van der Waals surface area contributed by atoms with E-state index in [4.69, 9.17) is 14.3 Å². The van der Waals surface area contributed by atoms with Gasteiger partial charge in [-0.15, -0.1) is 0 Å². The highest BCUT2D eigenvalue weighted by atomic mass is 16.5. The summed E-state index contributed by atoms with van der Waals surface area (Å²) in [4.78, 5) is 0. The van der Waals surface area contributed by atoms with Gasteiger partial charge >= 0.3 is 0 Å². The molecule has 0 fully saturated rings. The fourth-order valence-corrected chi connectivity index (χ4v) is 1.35. The molecule has 0 saturated heterocycles. The van der Waals surface area contributed by atoms with Crippen molar-refractivity contribution in [3.63, 3.8) is 0 Å². The first-order valence-electron chi connectivity index (χ1n) is 4.78. The van der Waals surface area contributed by atoms with Crippen LogP contribution in [-0.4, -0.2) is 18.3 Å². The van der Waals surface area contributed by atoms with Gasteiger partial charge in [-0.3, -0.25) is 0 Å². The van der Waals surface area contributed by atoms with Gasteiger partial charge in [-0.05, 0) is 24.3 Å². The quantitative estimate of drug-likeness (QED) is 0.831. The number of benzene rings is 1. The Bertz CT molecular complexity index is 407. The number of rotatable bonds is 4. The van der Waals surface area contributed by atoms with Gasteiger partial charge in [0.25, 0.3) is 0 Å². The summed E-state index contributed by atoms with van der Waals surface area (Å²) in [5.74, 6) is 1.54. The molecular weight excluding hydrogens is 192 g/mol. The Morgan fingerprint density at radius 3 is 2.87 bits per heavy atom. The topological polar surface area (TPSA) is 42.6 Å². The van der Waals surface area contributed by atoms with E-state index in [0.717, 1.165) is 17.1 Å². The average Bonchev–Trinajstić information content (AvgIpc) is 2.80. The van der Waals surface area contributed by atoms with E-state index in [9.17, 15) is 0 Å². The third-order valence-corrected chi connectivity index (χ3v) is 2.00. The zero-order chi connectivity index (χ0) is 10.5. The molecule has 1 aromatic heterocycles. The summed E-state index contributed by atoms with van der Waals surface area (Å²) in [5, 5.41) is 8.64. The van der Waals surface area contributed by atoms with Gasteiger partial charge in [0.1, 0.15) is 18.1 Å². The van der Waals surface area contributed by atoms with E-state index in [0.29, 0.717) is 6.61 Å². The third kappa shape index (κ3) is 2.39. The first kappa shape index (κ1) is 9.80. The summed E-state index contributed by atoms with van der Waals surface area (Å²) in [6, 6.07) is 11.3. The Kier molecular flexibility index (Phi) is 3.05. The lowest BCUT2D eigenvalue weighted by molar-refractivity contribution is 0.201. The normalized spacial score (nSPS) is 10.2. The zero-order valence-electron chi connectivity index (χ0n) is 8.22. The van der Waals surface area contributed by atoms with Crippen LogP contribution in [0.15, 0.2) is 47.1 Å². The molecule has 0 atom stereocenters. The molecule has 0 saturated carbocycles. The predicted octanol–water partition coefficient (Wildman–Crippen LogP) is 2.32. The third-order valence-electron chi connectivity index (χ3n) is 2.00. The van der Waals surface area contributed by atoms with E-state index in [-0.39, 0.29) is 6.61 Å². The number of hydrogen-bond acceptors (Lipinski definition) is 3. The summed E-state index contributed by atoms with van der Waals surface area (Å²) < 4.78 is 10.6. The first-order chi connectivity index (χ1) is 7.40. The summed E-state index contributed by atoms with van der Waals surface area (Å²) in [6.07, 6.45) is 1.64. The van der Waals surface area contributed by atoms with E-state index >= 15 is 0 Å². The standard InChI is InChI=1S/C12H12O3/c13-6-8-14-11-4-1-3-10(9-11)12-5-2-7-15-12/h1-5,7,9,13H,6,8H2. The molecule has 1 N–H and O–H groups in total. The van der Waals surface area contributed by atoms with Crippen molar-refractivity contribution >= 4 is 0 Å². The van der Waals surface area contributed by atoms with Crippen LogP contribution in [0.3, 0.4) is 0 Å². The van der Waals surface area contributed by atoms with Gasteiger partial charge in [0, 0.05) is 5.56 Å². The van der Waals surface area contributed by atoms with E-state index in [2.05, 4.69) is 0 Å². The molecule has 0 spiro atoms. The van der Waals surface area contributed by atoms with Crippen LogP contribution in [0.5, 0.6) is 5.75 Å². The first-order valence-corrected chi connectivity index (χ1v) is 4.78. The SMILES string of the molecule is OCCOc1cccc(-c2ccco2)c1. The molecule has 2 rings (SSSR count). The molecule has 0 amide bonds. The molecule has 0 aliphatic heterocycles. The molecule has 78 valence electrons. The van der Waals surface area contributed by atoms with E-state index in [1.54, 1.807) is 6.26 Å². The summed E-state index contributed by atoms with van der Waals surface area (Å²) >= 11 is 0. The Morgan fingerprint density at radius 1 is 1.20 bits per heavy atom. The van der Waals surface area contributed by atoms with Gasteiger partial charge < -0.3 is 14.3 Å². The second kappa shape index (κ2) is 4.66. The van der Waals surface area contributed by atoms with Crippen molar-refractivity contribution in [2.75, 3.05) is 13.2 Å². The van der Waals surface area contributed by atoms with Crippen molar-refractivity contribution in [1.82, 2.24) is 0 Å². The van der Waals surface area contributed by atoms with Crippen LogP contribution in [0.2, 0.25) is 0 Å². The van der Waals surface area contributed by atoms with Crippen molar-refractivity contribution in [1.29, 1.82) is 0 Å². The summed E-state index contributed by atoms with van der Waals surface area (Å²) in [6.45, 7) is 0.326. The number of hydrogen-bond donors (Lipinski definition) is 1. The monoisotopic (exact) mass is 204 g/mol. The molecule has 1 heterocycles. The molecule has 15 heavy (non-hydrogen) atoms.